The van der Waals surface area contributed by atoms with Gasteiger partial charge < -0.3 is 64.2 Å². The van der Waals surface area contributed by atoms with Crippen LogP contribution in [-0.2, 0) is 56.0 Å². The van der Waals surface area contributed by atoms with Gasteiger partial charge in [0.2, 0.25) is 53.2 Å². The van der Waals surface area contributed by atoms with Crippen molar-refractivity contribution in [3.63, 3.8) is 0 Å². The number of unbranched alkanes of at least 4 members (excludes halogenated alkanes) is 3. The summed E-state index contributed by atoms with van der Waals surface area (Å²) >= 11 is 0. The Hall–Kier alpha value is -6.77. The number of benzene rings is 2. The molecule has 428 valence electrons. The SMILES string of the molecule is CCCCC[C@H](NC(=O)C1CCCC1NC(=O)[C@H](Cc1ccc(O)cc1)NC(=O)C1CCCC1NC(=O)[C@H](CCCCN)NC(=O)C1CCCC1NC(C)=O)C(=O)NC1CCCC1C(=O)N[C@@H](Cc1ccc(O)cc1)C(N)=O. The van der Waals surface area contributed by atoms with Crippen LogP contribution >= 0.6 is 0 Å². The number of phenolic OH excluding ortho intramolecular Hbond substituents is 2. The molecular formula is C57H84N10O11. The van der Waals surface area contributed by atoms with Gasteiger partial charge in [-0.05, 0) is 119 Å². The number of nitrogens with two attached hydrogens (primary N) is 2. The van der Waals surface area contributed by atoms with Crippen LogP contribution in [0.2, 0.25) is 0 Å². The minimum atomic E-state index is -1.12. The number of carbonyl (C=O) groups is 9. The van der Waals surface area contributed by atoms with Crippen LogP contribution in [0.15, 0.2) is 48.5 Å². The van der Waals surface area contributed by atoms with Gasteiger partial charge in [-0.15, -0.1) is 0 Å². The molecule has 21 nitrogen and oxygen atoms in total. The normalized spacial score (nSPS) is 24.1. The second-order valence-corrected chi connectivity index (χ2v) is 22.0. The molecular weight excluding hydrogens is 1000 g/mol. The number of nitrogens with one attached hydrogen (secondary N) is 8. The van der Waals surface area contributed by atoms with Gasteiger partial charge in [-0.3, -0.25) is 43.2 Å². The molecule has 8 unspecified atom stereocenters. The fraction of sp³-hybridized carbons (Fsp3) is 0.632. The second-order valence-electron chi connectivity index (χ2n) is 22.0. The highest BCUT2D eigenvalue weighted by Crippen LogP contribution is 2.31. The van der Waals surface area contributed by atoms with Crippen molar-refractivity contribution >= 4 is 53.2 Å². The molecule has 12 atom stereocenters. The van der Waals surface area contributed by atoms with Gasteiger partial charge in [-0.1, -0.05) is 76.1 Å². The lowest BCUT2D eigenvalue weighted by atomic mass is 9.97. The zero-order valence-corrected chi connectivity index (χ0v) is 45.3. The van der Waals surface area contributed by atoms with Crippen LogP contribution < -0.4 is 54.0 Å². The van der Waals surface area contributed by atoms with Gasteiger partial charge in [-0.2, -0.15) is 0 Å². The fourth-order valence-electron chi connectivity index (χ4n) is 11.8. The predicted octanol–water partition coefficient (Wildman–Crippen LogP) is 2.18. The first-order valence-corrected chi connectivity index (χ1v) is 28.4. The van der Waals surface area contributed by atoms with E-state index in [0.29, 0.717) is 120 Å². The second kappa shape index (κ2) is 29.8. The van der Waals surface area contributed by atoms with E-state index in [9.17, 15) is 53.4 Å². The van der Waals surface area contributed by atoms with E-state index in [0.717, 1.165) is 19.3 Å². The third-order valence-electron chi connectivity index (χ3n) is 16.1. The van der Waals surface area contributed by atoms with E-state index in [-0.39, 0.29) is 42.2 Å². The Kier molecular flexibility index (Phi) is 23.1. The molecule has 2 aromatic carbocycles. The lowest BCUT2D eigenvalue weighted by molar-refractivity contribution is -0.135. The van der Waals surface area contributed by atoms with Gasteiger partial charge in [0, 0.05) is 43.9 Å². The smallest absolute Gasteiger partial charge is 0.243 e. The van der Waals surface area contributed by atoms with Gasteiger partial charge in [0.05, 0.1) is 23.7 Å². The number of carbonyl (C=O) groups excluding carboxylic acids is 9. The van der Waals surface area contributed by atoms with Crippen LogP contribution in [0, 0.1) is 23.7 Å². The van der Waals surface area contributed by atoms with Gasteiger partial charge in [0.1, 0.15) is 35.7 Å². The molecule has 0 heterocycles. The van der Waals surface area contributed by atoms with Gasteiger partial charge in [0.25, 0.3) is 0 Å². The van der Waals surface area contributed by atoms with Crippen molar-refractivity contribution in [1.29, 1.82) is 0 Å². The molecule has 14 N–H and O–H groups in total. The summed E-state index contributed by atoms with van der Waals surface area (Å²) < 4.78 is 0. The van der Waals surface area contributed by atoms with E-state index < -0.39 is 107 Å². The average molecular weight is 1090 g/mol. The Labute approximate surface area is 457 Å². The molecule has 0 saturated heterocycles. The van der Waals surface area contributed by atoms with Crippen LogP contribution in [0.5, 0.6) is 11.5 Å². The Morgan fingerprint density at radius 1 is 0.474 bits per heavy atom. The number of rotatable bonds is 28. The largest absolute Gasteiger partial charge is 0.508 e. The quantitative estimate of drug-likeness (QED) is 0.0546. The highest BCUT2D eigenvalue weighted by Gasteiger charge is 2.42. The minimum absolute atomic E-state index is 0.0215. The number of phenols is 2. The summed E-state index contributed by atoms with van der Waals surface area (Å²) in [5.74, 6) is -6.43. The van der Waals surface area contributed by atoms with Crippen molar-refractivity contribution in [3.05, 3.63) is 59.7 Å². The highest BCUT2D eigenvalue weighted by atomic mass is 16.3. The average Bonchev–Trinajstić information content (AvgIpc) is 4.26. The molecule has 2 aromatic rings. The summed E-state index contributed by atoms with van der Waals surface area (Å²) in [6, 6.07) is 6.39. The molecule has 4 fully saturated rings. The Morgan fingerprint density at radius 2 is 0.808 bits per heavy atom. The first-order chi connectivity index (χ1) is 37.4. The Morgan fingerprint density at radius 3 is 1.17 bits per heavy atom. The fourth-order valence-corrected chi connectivity index (χ4v) is 11.8. The van der Waals surface area contributed by atoms with Crippen LogP contribution in [0.25, 0.3) is 0 Å². The molecule has 0 aliphatic heterocycles. The molecule has 4 aliphatic carbocycles. The number of amides is 9. The van der Waals surface area contributed by atoms with E-state index in [1.165, 1.54) is 31.2 Å². The molecule has 0 bridgehead atoms. The van der Waals surface area contributed by atoms with Crippen LogP contribution in [0.3, 0.4) is 0 Å². The zero-order valence-electron chi connectivity index (χ0n) is 45.3. The van der Waals surface area contributed by atoms with E-state index in [2.05, 4.69) is 42.5 Å². The molecule has 6 rings (SSSR count). The van der Waals surface area contributed by atoms with E-state index >= 15 is 0 Å². The molecule has 4 saturated carbocycles. The summed E-state index contributed by atoms with van der Waals surface area (Å²) in [6.45, 7) is 3.84. The van der Waals surface area contributed by atoms with E-state index in [1.807, 2.05) is 6.92 Å². The van der Waals surface area contributed by atoms with Crippen molar-refractivity contribution < 1.29 is 53.4 Å². The summed E-state index contributed by atoms with van der Waals surface area (Å²) in [5, 5.41) is 43.3. The van der Waals surface area contributed by atoms with Crippen molar-refractivity contribution in [2.75, 3.05) is 6.54 Å². The first-order valence-electron chi connectivity index (χ1n) is 28.4. The number of hydrogen-bond donors (Lipinski definition) is 12. The maximum Gasteiger partial charge on any atom is 0.243 e. The standard InChI is InChI=1S/C57H84N10O11/c1-3-4-5-16-46(55(76)61-43-19-10-14-40(43)53(74)66-48(50(59)71)31-34-22-26-36(69)27-23-34)64-52(73)39-13-9-21-45(39)63-57(78)49(32-35-24-28-37(70)29-25-35)67-54(75)41-15-11-20-44(41)62-56(77)47(17-6-7-30-58)65-51(72)38-12-8-18-42(38)60-33(2)68/h22-29,38-49,69-70H,3-21,30-32,58H2,1-2H3,(H2,59,71)(H,60,68)(H,61,76)(H,62,77)(H,63,78)(H,64,73)(H,65,72)(H,66,74)(H,67,75)/t38?,39?,40?,41?,42?,43?,44?,45?,46-,47-,48-,49-/m0/s1. The van der Waals surface area contributed by atoms with Gasteiger partial charge in [0.15, 0.2) is 0 Å². The van der Waals surface area contributed by atoms with Crippen molar-refractivity contribution in [3.8, 4) is 11.5 Å². The lowest BCUT2D eigenvalue weighted by Gasteiger charge is -2.29. The molecule has 78 heavy (non-hydrogen) atoms. The Balaban J connectivity index is 1.09. The maximum absolute atomic E-state index is 14.5. The summed E-state index contributed by atoms with van der Waals surface area (Å²) in [4.78, 5) is 123. The van der Waals surface area contributed by atoms with Crippen molar-refractivity contribution in [1.82, 2.24) is 42.5 Å². The summed E-state index contributed by atoms with van der Waals surface area (Å²) in [5.41, 5.74) is 12.8. The first kappa shape index (κ1) is 60.5. The highest BCUT2D eigenvalue weighted by molar-refractivity contribution is 5.93. The third kappa shape index (κ3) is 17.6. The van der Waals surface area contributed by atoms with Crippen LogP contribution in [0.1, 0.15) is 147 Å². The summed E-state index contributed by atoms with van der Waals surface area (Å²) in [6.07, 6.45) is 11.0. The van der Waals surface area contributed by atoms with Crippen molar-refractivity contribution in [2.24, 2.45) is 35.1 Å². The maximum atomic E-state index is 14.5. The van der Waals surface area contributed by atoms with Gasteiger partial charge >= 0.3 is 0 Å². The van der Waals surface area contributed by atoms with Crippen LogP contribution in [0.4, 0.5) is 0 Å². The topological polar surface area (TPSA) is 342 Å². The zero-order chi connectivity index (χ0) is 56.3. The number of primary amides is 1. The molecule has 0 radical (unpaired) electrons. The van der Waals surface area contributed by atoms with E-state index in [4.69, 9.17) is 11.5 Å². The summed E-state index contributed by atoms with van der Waals surface area (Å²) in [7, 11) is 0. The predicted molar refractivity (Wildman–Crippen MR) is 290 cm³/mol. The number of hydrogen-bond acceptors (Lipinski definition) is 12. The Bertz CT molecular complexity index is 2390. The van der Waals surface area contributed by atoms with Crippen LogP contribution in [-0.4, -0.2) is 118 Å². The minimum Gasteiger partial charge on any atom is -0.508 e. The monoisotopic (exact) mass is 1080 g/mol. The molecule has 0 aromatic heterocycles. The lowest BCUT2D eigenvalue weighted by Crippen LogP contribution is -2.57. The molecule has 9 amide bonds. The molecule has 21 heteroatoms. The van der Waals surface area contributed by atoms with E-state index in [1.54, 1.807) is 24.3 Å². The molecule has 4 aliphatic rings. The molecule has 0 spiro atoms. The number of aromatic hydroxyl groups is 2. The third-order valence-corrected chi connectivity index (χ3v) is 16.1. The van der Waals surface area contributed by atoms with Crippen molar-refractivity contribution in [2.45, 2.75) is 197 Å². The van der Waals surface area contributed by atoms with Gasteiger partial charge in [-0.25, -0.2) is 0 Å².